The van der Waals surface area contributed by atoms with E-state index in [1.165, 1.54) is 6.08 Å². The maximum Gasteiger partial charge on any atom is 0.354 e. The van der Waals surface area contributed by atoms with E-state index in [-0.39, 0.29) is 5.57 Å². The third kappa shape index (κ3) is 1.18. The fourth-order valence-electron chi connectivity index (χ4n) is 1.39. The predicted octanol–water partition coefficient (Wildman–Crippen LogP) is 1.05. The van der Waals surface area contributed by atoms with E-state index in [1.54, 1.807) is 6.08 Å². The minimum absolute atomic E-state index is 0.207. The van der Waals surface area contributed by atoms with E-state index < -0.39 is 17.9 Å². The normalized spacial score (nSPS) is 27.3. The quantitative estimate of drug-likeness (QED) is 0.415. The number of ketones is 1. The molecular formula is C9H7FO3. The lowest BCUT2D eigenvalue weighted by atomic mass is 9.97. The Morgan fingerprint density at radius 3 is 3.00 bits per heavy atom. The van der Waals surface area contributed by atoms with Gasteiger partial charge in [0.1, 0.15) is 5.76 Å². The molecule has 2 rings (SSSR count). The number of Topliss-reactive ketones (excluding diaryl/α,β-unsaturated/α-hetero) is 1. The van der Waals surface area contributed by atoms with E-state index in [0.29, 0.717) is 12.2 Å². The Kier molecular flexibility index (Phi) is 1.76. The van der Waals surface area contributed by atoms with Gasteiger partial charge in [0.15, 0.2) is 0 Å². The molecular weight excluding hydrogens is 175 g/mol. The van der Waals surface area contributed by atoms with E-state index in [2.05, 4.69) is 4.74 Å². The number of carbonyl (C=O) groups excluding carboxylic acids is 2. The Hall–Kier alpha value is -1.45. The number of esters is 1. The van der Waals surface area contributed by atoms with Crippen LogP contribution in [0.15, 0.2) is 23.5 Å². The molecule has 0 amide bonds. The molecule has 0 aromatic rings. The van der Waals surface area contributed by atoms with Crippen LogP contribution in [0.25, 0.3) is 0 Å². The van der Waals surface area contributed by atoms with Gasteiger partial charge in [-0.3, -0.25) is 4.79 Å². The first-order valence-corrected chi connectivity index (χ1v) is 4.00. The molecule has 0 saturated heterocycles. The lowest BCUT2D eigenvalue weighted by Crippen LogP contribution is -2.34. The largest absolute Gasteiger partial charge is 0.428 e. The maximum absolute atomic E-state index is 12.8. The summed E-state index contributed by atoms with van der Waals surface area (Å²) >= 11 is 0. The molecule has 2 aliphatic rings. The lowest BCUT2D eigenvalue weighted by molar-refractivity contribution is -0.151. The highest BCUT2D eigenvalue weighted by Gasteiger charge is 2.37. The number of allylic oxidation sites excluding steroid dienone is 4. The van der Waals surface area contributed by atoms with Gasteiger partial charge < -0.3 is 4.74 Å². The third-order valence-corrected chi connectivity index (χ3v) is 2.05. The zero-order valence-corrected chi connectivity index (χ0v) is 6.75. The lowest BCUT2D eigenvalue weighted by Gasteiger charge is -2.21. The zero-order chi connectivity index (χ0) is 9.42. The summed E-state index contributed by atoms with van der Waals surface area (Å²) in [4.78, 5) is 22.0. The van der Waals surface area contributed by atoms with E-state index >= 15 is 0 Å². The number of alkyl halides is 1. The van der Waals surface area contributed by atoms with Crippen LogP contribution in [0.4, 0.5) is 4.39 Å². The third-order valence-electron chi connectivity index (χ3n) is 2.05. The highest BCUT2D eigenvalue weighted by Crippen LogP contribution is 2.27. The van der Waals surface area contributed by atoms with Gasteiger partial charge in [0, 0.05) is 6.42 Å². The summed E-state index contributed by atoms with van der Waals surface area (Å²) in [6, 6.07) is 0. The van der Waals surface area contributed by atoms with Crippen LogP contribution in [0.5, 0.6) is 0 Å². The van der Waals surface area contributed by atoms with Gasteiger partial charge in [0.2, 0.25) is 5.78 Å². The summed E-state index contributed by atoms with van der Waals surface area (Å²) in [5.41, 5.74) is 0.207. The number of ether oxygens (including phenoxy) is 1. The Bertz CT molecular complexity index is 341. The van der Waals surface area contributed by atoms with Crippen molar-refractivity contribution in [2.24, 2.45) is 0 Å². The molecule has 0 radical (unpaired) electrons. The minimum Gasteiger partial charge on any atom is -0.428 e. The van der Waals surface area contributed by atoms with Crippen LogP contribution in [-0.4, -0.2) is 17.9 Å². The van der Waals surface area contributed by atoms with Crippen molar-refractivity contribution < 1.29 is 18.7 Å². The van der Waals surface area contributed by atoms with Gasteiger partial charge in [-0.2, -0.15) is 0 Å². The summed E-state index contributed by atoms with van der Waals surface area (Å²) in [6.45, 7) is 0. The summed E-state index contributed by atoms with van der Waals surface area (Å²) < 4.78 is 17.5. The molecule has 0 spiro atoms. The van der Waals surface area contributed by atoms with E-state index in [1.807, 2.05) is 0 Å². The predicted molar refractivity (Wildman–Crippen MR) is 41.4 cm³/mol. The van der Waals surface area contributed by atoms with Crippen molar-refractivity contribution in [3.8, 4) is 0 Å². The summed E-state index contributed by atoms with van der Waals surface area (Å²) in [5, 5.41) is 0. The highest BCUT2D eigenvalue weighted by atomic mass is 19.1. The van der Waals surface area contributed by atoms with Gasteiger partial charge >= 0.3 is 5.97 Å². The van der Waals surface area contributed by atoms with Gasteiger partial charge in [0.05, 0.1) is 5.57 Å². The molecule has 0 aromatic heterocycles. The molecule has 0 saturated carbocycles. The molecule has 13 heavy (non-hydrogen) atoms. The van der Waals surface area contributed by atoms with Gasteiger partial charge in [-0.05, 0) is 6.42 Å². The molecule has 68 valence electrons. The van der Waals surface area contributed by atoms with Crippen LogP contribution >= 0.6 is 0 Å². The second-order valence-corrected chi connectivity index (χ2v) is 2.93. The van der Waals surface area contributed by atoms with Gasteiger partial charge in [-0.15, -0.1) is 0 Å². The number of rotatable bonds is 0. The molecule has 3 nitrogen and oxygen atoms in total. The summed E-state index contributed by atoms with van der Waals surface area (Å²) in [6.07, 6.45) is 2.36. The van der Waals surface area contributed by atoms with Crippen LogP contribution in [-0.2, 0) is 14.3 Å². The van der Waals surface area contributed by atoms with E-state index in [0.717, 1.165) is 6.42 Å². The van der Waals surface area contributed by atoms with Crippen molar-refractivity contribution in [1.29, 1.82) is 0 Å². The fraction of sp³-hybridized carbons (Fsp3) is 0.333. The minimum atomic E-state index is -2.14. The Morgan fingerprint density at radius 1 is 1.46 bits per heavy atom. The Morgan fingerprint density at radius 2 is 2.23 bits per heavy atom. The molecule has 1 heterocycles. The number of hydrogen-bond donors (Lipinski definition) is 0. The first-order chi connectivity index (χ1) is 6.20. The molecule has 4 heteroatoms. The van der Waals surface area contributed by atoms with Crippen LogP contribution in [0.2, 0.25) is 0 Å². The standard InChI is InChI=1S/C9H7FO3/c10-7-8(11)5-3-1-2-4-6(5)13-9(7)12/h1,3,7H,2,4H2. The SMILES string of the molecule is O=C1OC2=C(C=CCC2)C(=O)C1F. The van der Waals surface area contributed by atoms with Crippen molar-refractivity contribution in [2.75, 3.05) is 0 Å². The van der Waals surface area contributed by atoms with Crippen LogP contribution < -0.4 is 0 Å². The van der Waals surface area contributed by atoms with Gasteiger partial charge in [0.25, 0.3) is 6.17 Å². The Labute approximate surface area is 73.9 Å². The van der Waals surface area contributed by atoms with Crippen molar-refractivity contribution >= 4 is 11.8 Å². The van der Waals surface area contributed by atoms with Crippen LogP contribution in [0.3, 0.4) is 0 Å². The molecule has 1 aliphatic heterocycles. The second kappa shape index (κ2) is 2.80. The molecule has 1 atom stereocenters. The van der Waals surface area contributed by atoms with Gasteiger partial charge in [-0.1, -0.05) is 12.2 Å². The zero-order valence-electron chi connectivity index (χ0n) is 6.75. The molecule has 0 N–H and O–H groups in total. The maximum atomic E-state index is 12.8. The molecule has 1 aliphatic carbocycles. The first-order valence-electron chi connectivity index (χ1n) is 4.00. The van der Waals surface area contributed by atoms with Crippen LogP contribution in [0.1, 0.15) is 12.8 Å². The van der Waals surface area contributed by atoms with Crippen molar-refractivity contribution in [2.45, 2.75) is 19.0 Å². The number of halogens is 1. The summed E-state index contributed by atoms with van der Waals surface area (Å²) in [5.74, 6) is -1.55. The smallest absolute Gasteiger partial charge is 0.354 e. The topological polar surface area (TPSA) is 43.4 Å². The number of carbonyl (C=O) groups is 2. The molecule has 0 fully saturated rings. The fourth-order valence-corrected chi connectivity index (χ4v) is 1.39. The number of hydrogen-bond acceptors (Lipinski definition) is 3. The van der Waals surface area contributed by atoms with Crippen LogP contribution in [0, 0.1) is 0 Å². The average molecular weight is 182 g/mol. The molecule has 0 bridgehead atoms. The molecule has 1 unspecified atom stereocenters. The van der Waals surface area contributed by atoms with Gasteiger partial charge in [-0.25, -0.2) is 9.18 Å². The highest BCUT2D eigenvalue weighted by molar-refractivity contribution is 6.14. The van der Waals surface area contributed by atoms with Crippen molar-refractivity contribution in [3.05, 3.63) is 23.5 Å². The monoisotopic (exact) mass is 182 g/mol. The van der Waals surface area contributed by atoms with Crippen molar-refractivity contribution in [1.82, 2.24) is 0 Å². The Balaban J connectivity index is 2.42. The first kappa shape index (κ1) is 8.16. The summed E-state index contributed by atoms with van der Waals surface area (Å²) in [7, 11) is 0. The average Bonchev–Trinajstić information content (AvgIpc) is 2.15. The van der Waals surface area contributed by atoms with Crippen molar-refractivity contribution in [3.63, 3.8) is 0 Å². The van der Waals surface area contributed by atoms with E-state index in [4.69, 9.17) is 0 Å². The second-order valence-electron chi connectivity index (χ2n) is 2.93. The van der Waals surface area contributed by atoms with E-state index in [9.17, 15) is 14.0 Å². The molecule has 0 aromatic carbocycles.